The number of hydrogen-bond donors (Lipinski definition) is 2. The fourth-order valence-electron chi connectivity index (χ4n) is 1.98. The van der Waals surface area contributed by atoms with Gasteiger partial charge in [-0.2, -0.15) is 0 Å². The van der Waals surface area contributed by atoms with E-state index in [0.717, 1.165) is 16.7 Å². The summed E-state index contributed by atoms with van der Waals surface area (Å²) in [5, 5.41) is 1.66. The minimum atomic E-state index is -0.521. The van der Waals surface area contributed by atoms with E-state index < -0.39 is 5.41 Å². The van der Waals surface area contributed by atoms with Crippen molar-refractivity contribution < 1.29 is 4.79 Å². The Labute approximate surface area is 122 Å². The molecule has 2 unspecified atom stereocenters. The molecule has 0 spiro atoms. The van der Waals surface area contributed by atoms with E-state index in [4.69, 9.17) is 11.6 Å². The van der Waals surface area contributed by atoms with E-state index in [1.165, 1.54) is 0 Å². The number of nitrogens with zero attached hydrogens (tertiary/aromatic N) is 1. The number of carbonyl (C=O) groups is 1. The van der Waals surface area contributed by atoms with Crippen LogP contribution in [0.2, 0.25) is 0 Å². The zero-order valence-electron chi connectivity index (χ0n) is 13.4. The summed E-state index contributed by atoms with van der Waals surface area (Å²) < 4.78 is 0. The standard InChI is InChI=1S/C16H27N3O/c1-10(17)13-7-14(11(2)19(6)18)9-15(8-13)16(4,5)12(3)20/h7-11H,17-18H2,1-6H3. The van der Waals surface area contributed by atoms with Crippen LogP contribution in [0.1, 0.15) is 63.4 Å². The second kappa shape index (κ2) is 6.04. The zero-order valence-corrected chi connectivity index (χ0v) is 13.4. The van der Waals surface area contributed by atoms with Crippen LogP contribution in [0.5, 0.6) is 0 Å². The predicted molar refractivity (Wildman–Crippen MR) is 83.1 cm³/mol. The van der Waals surface area contributed by atoms with Crippen molar-refractivity contribution in [1.29, 1.82) is 0 Å². The largest absolute Gasteiger partial charge is 0.324 e. The highest BCUT2D eigenvalue weighted by atomic mass is 16.1. The van der Waals surface area contributed by atoms with Gasteiger partial charge in [-0.15, -0.1) is 0 Å². The van der Waals surface area contributed by atoms with Crippen LogP contribution < -0.4 is 11.6 Å². The molecule has 4 nitrogen and oxygen atoms in total. The van der Waals surface area contributed by atoms with Crippen molar-refractivity contribution in [2.75, 3.05) is 7.05 Å². The van der Waals surface area contributed by atoms with Crippen LogP contribution >= 0.6 is 0 Å². The summed E-state index contributed by atoms with van der Waals surface area (Å²) in [6.45, 7) is 9.48. The molecule has 20 heavy (non-hydrogen) atoms. The number of hydrogen-bond acceptors (Lipinski definition) is 4. The highest BCUT2D eigenvalue weighted by Gasteiger charge is 2.27. The lowest BCUT2D eigenvalue weighted by Gasteiger charge is -2.27. The number of Topliss-reactive ketones (excluding diaryl/α,β-unsaturated/α-hetero) is 1. The van der Waals surface area contributed by atoms with Crippen molar-refractivity contribution in [3.8, 4) is 0 Å². The van der Waals surface area contributed by atoms with Gasteiger partial charge in [-0.25, -0.2) is 5.01 Å². The van der Waals surface area contributed by atoms with Gasteiger partial charge in [-0.05, 0) is 51.3 Å². The molecule has 0 fully saturated rings. The second-order valence-corrected chi connectivity index (χ2v) is 6.20. The zero-order chi connectivity index (χ0) is 15.7. The number of hydrazine groups is 1. The fraction of sp³-hybridized carbons (Fsp3) is 0.562. The quantitative estimate of drug-likeness (QED) is 0.640. The summed E-state index contributed by atoms with van der Waals surface area (Å²) in [6, 6.07) is 6.14. The van der Waals surface area contributed by atoms with Gasteiger partial charge >= 0.3 is 0 Å². The number of carbonyl (C=O) groups excluding carboxylic acids is 1. The van der Waals surface area contributed by atoms with E-state index in [9.17, 15) is 4.79 Å². The molecule has 4 N–H and O–H groups in total. The molecule has 1 aromatic carbocycles. The van der Waals surface area contributed by atoms with Crippen LogP contribution in [0.15, 0.2) is 18.2 Å². The van der Waals surface area contributed by atoms with Gasteiger partial charge in [0.15, 0.2) is 0 Å². The molecule has 0 bridgehead atoms. The topological polar surface area (TPSA) is 72.4 Å². The molecule has 0 saturated carbocycles. The third-order valence-corrected chi connectivity index (χ3v) is 4.20. The molecule has 4 heteroatoms. The van der Waals surface area contributed by atoms with E-state index in [0.29, 0.717) is 0 Å². The van der Waals surface area contributed by atoms with Crippen LogP contribution in [0, 0.1) is 0 Å². The molecule has 0 aromatic heterocycles. The molecule has 0 saturated heterocycles. The third kappa shape index (κ3) is 3.45. The van der Waals surface area contributed by atoms with Gasteiger partial charge in [-0.1, -0.05) is 18.2 Å². The minimum Gasteiger partial charge on any atom is -0.324 e. The highest BCUT2D eigenvalue weighted by molar-refractivity contribution is 5.87. The van der Waals surface area contributed by atoms with Crippen molar-refractivity contribution in [2.24, 2.45) is 11.6 Å². The number of benzene rings is 1. The average Bonchev–Trinajstić information content (AvgIpc) is 2.36. The van der Waals surface area contributed by atoms with Crippen molar-refractivity contribution in [3.63, 3.8) is 0 Å². The predicted octanol–water partition coefficient (Wildman–Crippen LogP) is 2.44. The van der Waals surface area contributed by atoms with Gasteiger partial charge in [0.25, 0.3) is 0 Å². The van der Waals surface area contributed by atoms with E-state index in [2.05, 4.69) is 12.1 Å². The van der Waals surface area contributed by atoms with Crippen LogP contribution in [-0.4, -0.2) is 17.8 Å². The lowest BCUT2D eigenvalue weighted by molar-refractivity contribution is -0.121. The van der Waals surface area contributed by atoms with Crippen molar-refractivity contribution in [2.45, 2.75) is 52.1 Å². The molecule has 0 radical (unpaired) electrons. The number of nitrogens with two attached hydrogens (primary N) is 2. The van der Waals surface area contributed by atoms with Crippen molar-refractivity contribution in [3.05, 3.63) is 34.9 Å². The molecule has 0 amide bonds. The summed E-state index contributed by atoms with van der Waals surface area (Å²) in [7, 11) is 1.83. The van der Waals surface area contributed by atoms with Gasteiger partial charge in [0.05, 0.1) is 0 Å². The van der Waals surface area contributed by atoms with Crippen molar-refractivity contribution >= 4 is 5.78 Å². The third-order valence-electron chi connectivity index (χ3n) is 4.20. The molecule has 1 rings (SSSR count). The van der Waals surface area contributed by atoms with Crippen LogP contribution in [0.25, 0.3) is 0 Å². The first kappa shape index (κ1) is 16.8. The molecular weight excluding hydrogens is 250 g/mol. The molecule has 0 aliphatic rings. The number of rotatable bonds is 5. The normalized spacial score (nSPS) is 15.2. The second-order valence-electron chi connectivity index (χ2n) is 6.20. The van der Waals surface area contributed by atoms with Crippen LogP contribution in [0.4, 0.5) is 0 Å². The lowest BCUT2D eigenvalue weighted by Crippen LogP contribution is -2.31. The molecule has 112 valence electrons. The smallest absolute Gasteiger partial charge is 0.139 e. The Morgan fingerprint density at radius 1 is 1.20 bits per heavy atom. The maximum atomic E-state index is 11.9. The first-order valence-corrected chi connectivity index (χ1v) is 6.97. The van der Waals surface area contributed by atoms with Gasteiger partial charge in [-0.3, -0.25) is 10.6 Å². The highest BCUT2D eigenvalue weighted by Crippen LogP contribution is 2.30. The summed E-state index contributed by atoms with van der Waals surface area (Å²) in [4.78, 5) is 11.9. The molecule has 0 aliphatic heterocycles. The Morgan fingerprint density at radius 3 is 2.10 bits per heavy atom. The van der Waals surface area contributed by atoms with Gasteiger partial charge in [0.2, 0.25) is 0 Å². The monoisotopic (exact) mass is 277 g/mol. The van der Waals surface area contributed by atoms with E-state index in [-0.39, 0.29) is 17.9 Å². The Hall–Kier alpha value is -1.23. The molecule has 0 heterocycles. The molecule has 2 atom stereocenters. The van der Waals surface area contributed by atoms with E-state index in [1.807, 2.05) is 40.8 Å². The van der Waals surface area contributed by atoms with Gasteiger partial charge < -0.3 is 5.73 Å². The van der Waals surface area contributed by atoms with Gasteiger partial charge in [0, 0.05) is 24.5 Å². The van der Waals surface area contributed by atoms with E-state index in [1.54, 1.807) is 11.9 Å². The van der Waals surface area contributed by atoms with Crippen LogP contribution in [-0.2, 0) is 10.2 Å². The Kier molecular flexibility index (Phi) is 5.08. The summed E-state index contributed by atoms with van der Waals surface area (Å²) in [5.74, 6) is 5.99. The Bertz CT molecular complexity index is 492. The Morgan fingerprint density at radius 2 is 1.70 bits per heavy atom. The van der Waals surface area contributed by atoms with E-state index >= 15 is 0 Å². The first-order chi connectivity index (χ1) is 9.07. The van der Waals surface area contributed by atoms with Gasteiger partial charge in [0.1, 0.15) is 5.78 Å². The van der Waals surface area contributed by atoms with Crippen LogP contribution in [0.3, 0.4) is 0 Å². The summed E-state index contributed by atoms with van der Waals surface area (Å²) in [6.07, 6.45) is 0. The first-order valence-electron chi connectivity index (χ1n) is 6.97. The summed E-state index contributed by atoms with van der Waals surface area (Å²) in [5.41, 5.74) is 8.59. The maximum absolute atomic E-state index is 11.9. The molecule has 1 aromatic rings. The summed E-state index contributed by atoms with van der Waals surface area (Å²) >= 11 is 0. The minimum absolute atomic E-state index is 0.0650. The number of ketones is 1. The molecule has 0 aliphatic carbocycles. The fourth-order valence-corrected chi connectivity index (χ4v) is 1.98. The maximum Gasteiger partial charge on any atom is 0.139 e. The lowest BCUT2D eigenvalue weighted by atomic mass is 9.79. The average molecular weight is 277 g/mol. The van der Waals surface area contributed by atoms with Crippen molar-refractivity contribution in [1.82, 2.24) is 5.01 Å². The molecular formula is C16H27N3O. The SMILES string of the molecule is CC(=O)C(C)(C)c1cc(C(C)N)cc(C(C)N(C)N)c1. The Balaban J connectivity index is 3.43.